The number of aryl methyl sites for hydroxylation is 1. The molecule has 2 rings (SSSR count). The molecule has 1 aliphatic carbocycles. The first-order valence-corrected chi connectivity index (χ1v) is 5.39. The van der Waals surface area contributed by atoms with Crippen LogP contribution in [0.15, 0.2) is 6.20 Å². The van der Waals surface area contributed by atoms with Crippen molar-refractivity contribution in [3.05, 3.63) is 11.9 Å². The second-order valence-electron chi connectivity index (χ2n) is 4.21. The molecular formula is C10H18N4. The molecule has 0 saturated heterocycles. The van der Waals surface area contributed by atoms with E-state index >= 15 is 0 Å². The van der Waals surface area contributed by atoms with Gasteiger partial charge in [-0.2, -0.15) is 0 Å². The lowest BCUT2D eigenvalue weighted by atomic mass is 9.83. The molecule has 1 fully saturated rings. The molecule has 1 aromatic rings. The van der Waals surface area contributed by atoms with E-state index in [0.29, 0.717) is 5.92 Å². The fourth-order valence-corrected chi connectivity index (χ4v) is 2.33. The summed E-state index contributed by atoms with van der Waals surface area (Å²) in [6.45, 7) is 0. The Hall–Kier alpha value is -0.900. The minimum absolute atomic E-state index is 0.121. The van der Waals surface area contributed by atoms with Crippen molar-refractivity contribution < 1.29 is 0 Å². The molecular weight excluding hydrogens is 176 g/mol. The molecule has 1 atom stereocenters. The zero-order valence-electron chi connectivity index (χ0n) is 8.69. The molecule has 0 aliphatic heterocycles. The first kappa shape index (κ1) is 9.65. The van der Waals surface area contributed by atoms with Gasteiger partial charge in [0.2, 0.25) is 0 Å². The van der Waals surface area contributed by atoms with Gasteiger partial charge in [-0.15, -0.1) is 5.10 Å². The highest BCUT2D eigenvalue weighted by atomic mass is 15.4. The van der Waals surface area contributed by atoms with Crippen molar-refractivity contribution in [3.8, 4) is 0 Å². The van der Waals surface area contributed by atoms with Gasteiger partial charge in [0.15, 0.2) is 0 Å². The Labute approximate surface area is 84.5 Å². The Kier molecular flexibility index (Phi) is 2.82. The predicted octanol–water partition coefficient (Wildman–Crippen LogP) is 1.40. The van der Waals surface area contributed by atoms with Crippen molar-refractivity contribution in [2.45, 2.75) is 38.1 Å². The van der Waals surface area contributed by atoms with Gasteiger partial charge in [0.1, 0.15) is 0 Å². The van der Waals surface area contributed by atoms with E-state index in [0.717, 1.165) is 5.69 Å². The molecule has 1 unspecified atom stereocenters. The lowest BCUT2D eigenvalue weighted by Crippen LogP contribution is -2.25. The molecule has 1 saturated carbocycles. The smallest absolute Gasteiger partial charge is 0.0753 e. The first-order chi connectivity index (χ1) is 6.79. The Morgan fingerprint density at radius 3 is 2.71 bits per heavy atom. The van der Waals surface area contributed by atoms with E-state index in [2.05, 4.69) is 10.3 Å². The molecule has 4 nitrogen and oxygen atoms in total. The Morgan fingerprint density at radius 1 is 1.43 bits per heavy atom. The summed E-state index contributed by atoms with van der Waals surface area (Å²) in [6, 6.07) is 0.121. The van der Waals surface area contributed by atoms with Gasteiger partial charge < -0.3 is 5.73 Å². The third kappa shape index (κ3) is 1.80. The van der Waals surface area contributed by atoms with Crippen molar-refractivity contribution >= 4 is 0 Å². The van der Waals surface area contributed by atoms with Crippen molar-refractivity contribution in [1.29, 1.82) is 0 Å². The summed E-state index contributed by atoms with van der Waals surface area (Å²) in [5.41, 5.74) is 7.28. The highest BCUT2D eigenvalue weighted by molar-refractivity contribution is 5.03. The largest absolute Gasteiger partial charge is 0.322 e. The van der Waals surface area contributed by atoms with Crippen LogP contribution in [0.25, 0.3) is 0 Å². The Morgan fingerprint density at radius 2 is 2.14 bits per heavy atom. The zero-order chi connectivity index (χ0) is 9.97. The van der Waals surface area contributed by atoms with Crippen LogP contribution in [0.4, 0.5) is 0 Å². The van der Waals surface area contributed by atoms with Gasteiger partial charge in [-0.3, -0.25) is 4.68 Å². The normalized spacial score (nSPS) is 21.0. The molecule has 0 spiro atoms. The lowest BCUT2D eigenvalue weighted by Gasteiger charge is -2.26. The van der Waals surface area contributed by atoms with E-state index in [-0.39, 0.29) is 6.04 Å². The van der Waals surface area contributed by atoms with Crippen LogP contribution < -0.4 is 5.73 Å². The summed E-state index contributed by atoms with van der Waals surface area (Å²) in [5, 5.41) is 7.79. The van der Waals surface area contributed by atoms with Crippen LogP contribution in [0.5, 0.6) is 0 Å². The van der Waals surface area contributed by atoms with Crippen molar-refractivity contribution in [1.82, 2.24) is 15.0 Å². The molecule has 0 aromatic carbocycles. The maximum Gasteiger partial charge on any atom is 0.0753 e. The fourth-order valence-electron chi connectivity index (χ4n) is 2.33. The number of aromatic nitrogens is 3. The molecule has 1 aliphatic rings. The van der Waals surface area contributed by atoms with Gasteiger partial charge in [0, 0.05) is 7.05 Å². The van der Waals surface area contributed by atoms with E-state index in [4.69, 9.17) is 5.73 Å². The summed E-state index contributed by atoms with van der Waals surface area (Å²) in [4.78, 5) is 0. The summed E-state index contributed by atoms with van der Waals surface area (Å²) in [5.74, 6) is 0.626. The average molecular weight is 194 g/mol. The molecule has 4 heteroatoms. The van der Waals surface area contributed by atoms with Crippen LogP contribution in [-0.4, -0.2) is 15.0 Å². The average Bonchev–Trinajstić information content (AvgIpc) is 2.65. The van der Waals surface area contributed by atoms with E-state index in [1.54, 1.807) is 10.9 Å². The van der Waals surface area contributed by atoms with Crippen LogP contribution in [0, 0.1) is 5.92 Å². The van der Waals surface area contributed by atoms with Crippen molar-refractivity contribution in [2.24, 2.45) is 18.7 Å². The number of nitrogens with two attached hydrogens (primary N) is 1. The molecule has 14 heavy (non-hydrogen) atoms. The highest BCUT2D eigenvalue weighted by Crippen LogP contribution is 2.32. The summed E-state index contributed by atoms with van der Waals surface area (Å²) in [6.07, 6.45) is 8.32. The topological polar surface area (TPSA) is 56.7 Å². The Bertz CT molecular complexity index is 288. The molecule has 1 aromatic heterocycles. The fraction of sp³-hybridized carbons (Fsp3) is 0.800. The monoisotopic (exact) mass is 194 g/mol. The van der Waals surface area contributed by atoms with Crippen molar-refractivity contribution in [3.63, 3.8) is 0 Å². The minimum Gasteiger partial charge on any atom is -0.322 e. The number of hydrogen-bond donors (Lipinski definition) is 1. The molecule has 2 N–H and O–H groups in total. The first-order valence-electron chi connectivity index (χ1n) is 5.39. The van der Waals surface area contributed by atoms with Gasteiger partial charge in [-0.25, -0.2) is 0 Å². The van der Waals surface area contributed by atoms with Crippen LogP contribution >= 0.6 is 0 Å². The van der Waals surface area contributed by atoms with Crippen LogP contribution in [0.1, 0.15) is 43.8 Å². The molecule has 1 heterocycles. The van der Waals surface area contributed by atoms with Gasteiger partial charge in [-0.05, 0) is 18.8 Å². The van der Waals surface area contributed by atoms with E-state index in [9.17, 15) is 0 Å². The molecule has 0 amide bonds. The van der Waals surface area contributed by atoms with Gasteiger partial charge in [-0.1, -0.05) is 24.5 Å². The van der Waals surface area contributed by atoms with Gasteiger partial charge in [0.05, 0.1) is 17.9 Å². The summed E-state index contributed by atoms with van der Waals surface area (Å²) in [7, 11) is 1.91. The third-order valence-corrected chi connectivity index (χ3v) is 3.25. The minimum atomic E-state index is 0.121. The summed E-state index contributed by atoms with van der Waals surface area (Å²) < 4.78 is 1.79. The van der Waals surface area contributed by atoms with E-state index in [1.807, 2.05) is 7.05 Å². The second-order valence-corrected chi connectivity index (χ2v) is 4.21. The Balaban J connectivity index is 2.07. The zero-order valence-corrected chi connectivity index (χ0v) is 8.69. The van der Waals surface area contributed by atoms with E-state index in [1.165, 1.54) is 32.1 Å². The summed E-state index contributed by atoms with van der Waals surface area (Å²) >= 11 is 0. The van der Waals surface area contributed by atoms with Crippen LogP contribution in [-0.2, 0) is 7.05 Å². The number of hydrogen-bond acceptors (Lipinski definition) is 3. The molecule has 78 valence electrons. The maximum absolute atomic E-state index is 6.21. The SMILES string of the molecule is Cn1nncc1C(N)C1CCCCC1. The van der Waals surface area contributed by atoms with E-state index < -0.39 is 0 Å². The van der Waals surface area contributed by atoms with Crippen LogP contribution in [0.2, 0.25) is 0 Å². The second kappa shape index (κ2) is 4.09. The lowest BCUT2D eigenvalue weighted by molar-refractivity contribution is 0.300. The quantitative estimate of drug-likeness (QED) is 0.774. The molecule has 0 bridgehead atoms. The van der Waals surface area contributed by atoms with Gasteiger partial charge >= 0.3 is 0 Å². The number of nitrogens with zero attached hydrogens (tertiary/aromatic N) is 3. The highest BCUT2D eigenvalue weighted by Gasteiger charge is 2.23. The third-order valence-electron chi connectivity index (χ3n) is 3.25. The molecule has 0 radical (unpaired) electrons. The van der Waals surface area contributed by atoms with Crippen molar-refractivity contribution in [2.75, 3.05) is 0 Å². The number of rotatable bonds is 2. The van der Waals surface area contributed by atoms with Gasteiger partial charge in [0.25, 0.3) is 0 Å². The standard InChI is InChI=1S/C10H18N4/c1-14-9(7-12-13-14)10(11)8-5-3-2-4-6-8/h7-8,10H,2-6,11H2,1H3. The predicted molar refractivity (Wildman–Crippen MR) is 54.5 cm³/mol. The maximum atomic E-state index is 6.21. The van der Waals surface area contributed by atoms with Crippen LogP contribution in [0.3, 0.4) is 0 Å².